The minimum Gasteiger partial charge on any atom is -0.402 e. The number of aliphatic hydroxyl groups is 2. The number of amides is 4. The second-order valence-electron chi connectivity index (χ2n) is 20.1. The van der Waals surface area contributed by atoms with Gasteiger partial charge in [0.2, 0.25) is 11.8 Å². The van der Waals surface area contributed by atoms with Gasteiger partial charge in [0.25, 0.3) is 11.8 Å². The van der Waals surface area contributed by atoms with Crippen molar-refractivity contribution in [1.29, 1.82) is 0 Å². The summed E-state index contributed by atoms with van der Waals surface area (Å²) >= 11 is 1.54. The minimum atomic E-state index is -5.01. The highest BCUT2D eigenvalue weighted by Crippen LogP contribution is 2.49. The summed E-state index contributed by atoms with van der Waals surface area (Å²) in [5.74, 6) is -3.53. The highest BCUT2D eigenvalue weighted by Gasteiger charge is 2.52. The number of hydrogen-bond donors (Lipinski definition) is 6. The number of carbonyl (C=O) groups is 4. The van der Waals surface area contributed by atoms with Crippen LogP contribution in [0.3, 0.4) is 0 Å². The van der Waals surface area contributed by atoms with Crippen LogP contribution in [0.15, 0.2) is 60.6 Å². The largest absolute Gasteiger partial charge is 0.573 e. The van der Waals surface area contributed by atoms with Crippen LogP contribution in [0, 0.1) is 18.3 Å². The average Bonchev–Trinajstić information content (AvgIpc) is 4.03. The van der Waals surface area contributed by atoms with Crippen LogP contribution in [0.1, 0.15) is 125 Å². The molecule has 5 atom stereocenters. The van der Waals surface area contributed by atoms with Crippen molar-refractivity contribution in [2.24, 2.45) is 11.3 Å². The number of imidazole rings is 1. The van der Waals surface area contributed by atoms with Crippen LogP contribution in [0.4, 0.5) is 19.0 Å². The van der Waals surface area contributed by atoms with Gasteiger partial charge in [-0.25, -0.2) is 24.9 Å². The number of alkyl halides is 3. The number of aromatic nitrogens is 6. The maximum atomic E-state index is 14.3. The molecule has 1 aliphatic heterocycles. The average molecular weight is 990 g/mol. The summed E-state index contributed by atoms with van der Waals surface area (Å²) in [6.07, 6.45) is -1.21. The smallest absolute Gasteiger partial charge is 0.402 e. The number of hydrogen-bond acceptors (Lipinski definition) is 14. The molecule has 18 nitrogen and oxygen atoms in total. The van der Waals surface area contributed by atoms with E-state index in [0.717, 1.165) is 40.2 Å². The summed E-state index contributed by atoms with van der Waals surface area (Å²) in [7, 11) is 0. The van der Waals surface area contributed by atoms with E-state index < -0.39 is 88.4 Å². The molecular weight excluding hydrogens is 932 g/mol. The van der Waals surface area contributed by atoms with Crippen LogP contribution in [0.2, 0.25) is 0 Å². The zero-order valence-electron chi connectivity index (χ0n) is 40.3. The van der Waals surface area contributed by atoms with Crippen molar-refractivity contribution in [2.75, 3.05) is 12.3 Å². The van der Waals surface area contributed by atoms with Crippen molar-refractivity contribution in [2.45, 2.75) is 129 Å². The molecule has 374 valence electrons. The Kier molecular flexibility index (Phi) is 14.2. The number of thiazole rings is 1. The summed E-state index contributed by atoms with van der Waals surface area (Å²) in [4.78, 5) is 78.8. The molecule has 1 aliphatic carbocycles. The summed E-state index contributed by atoms with van der Waals surface area (Å²) < 4.78 is 45.1. The first-order chi connectivity index (χ1) is 32.6. The molecular formula is C48H58F3N11O7S. The Balaban J connectivity index is 0.990. The van der Waals surface area contributed by atoms with E-state index in [2.05, 4.69) is 45.6 Å². The maximum Gasteiger partial charge on any atom is 0.573 e. The molecule has 1 aromatic carbocycles. The lowest BCUT2D eigenvalue weighted by Crippen LogP contribution is -2.63. The Morgan fingerprint density at radius 2 is 1.57 bits per heavy atom. The fourth-order valence-corrected chi connectivity index (χ4v) is 10.1. The molecule has 5 aromatic rings. The van der Waals surface area contributed by atoms with Crippen molar-refractivity contribution in [1.82, 2.24) is 50.3 Å². The lowest BCUT2D eigenvalue weighted by molar-refractivity contribution is -0.274. The first kappa shape index (κ1) is 51.3. The summed E-state index contributed by atoms with van der Waals surface area (Å²) in [5.41, 5.74) is 7.97. The van der Waals surface area contributed by atoms with Gasteiger partial charge < -0.3 is 46.1 Å². The number of nitrogen functional groups attached to an aromatic ring is 1. The van der Waals surface area contributed by atoms with Gasteiger partial charge in [-0.3, -0.25) is 19.2 Å². The zero-order valence-corrected chi connectivity index (χ0v) is 41.1. The Morgan fingerprint density at radius 1 is 0.929 bits per heavy atom. The number of nitrogens with two attached hydrogens (primary N) is 1. The third-order valence-corrected chi connectivity index (χ3v) is 13.7. The lowest BCUT2D eigenvalue weighted by atomic mass is 9.64. The number of aryl methyl sites for hydroxylation is 1. The number of ether oxygens (including phenoxy) is 1. The topological polar surface area (TPSA) is 253 Å². The van der Waals surface area contributed by atoms with Gasteiger partial charge >= 0.3 is 6.36 Å². The predicted octanol–water partition coefficient (Wildman–Crippen LogP) is 6.02. The molecule has 1 unspecified atom stereocenters. The fourth-order valence-electron chi connectivity index (χ4n) is 9.28. The van der Waals surface area contributed by atoms with E-state index in [1.54, 1.807) is 62.2 Å². The molecule has 7 rings (SSSR count). The van der Waals surface area contributed by atoms with Crippen LogP contribution >= 0.6 is 11.3 Å². The molecule has 22 heteroatoms. The number of anilines is 1. The molecule has 4 aromatic heterocycles. The van der Waals surface area contributed by atoms with E-state index >= 15 is 0 Å². The number of nitrogens with one attached hydrogen (secondary N) is 3. The maximum absolute atomic E-state index is 14.3. The monoisotopic (exact) mass is 989 g/mol. The SMILES string of the molecule is Cc1ncsc1-c1ccc([C@H](C)NC(=O)[C@@H]2C[C@@H](O)CN2C(=O)[C@@H](NC(=O)c2cnc(C(=O)NC3(C)CC(C)(n4cc(-c5cnc(N)c(OC(F)(F)F)c5)nc4C(O)C(C)C)C3)cn2)C(C)(C)C)cc1. The van der Waals surface area contributed by atoms with E-state index in [1.807, 2.05) is 52.0 Å². The van der Waals surface area contributed by atoms with E-state index in [9.17, 15) is 42.6 Å². The molecule has 0 spiro atoms. The lowest BCUT2D eigenvalue weighted by Gasteiger charge is -2.54. The summed E-state index contributed by atoms with van der Waals surface area (Å²) in [5, 5.41) is 30.6. The van der Waals surface area contributed by atoms with Gasteiger partial charge in [0.15, 0.2) is 11.6 Å². The van der Waals surface area contributed by atoms with Gasteiger partial charge in [-0.1, -0.05) is 58.9 Å². The quantitative estimate of drug-likeness (QED) is 0.0746. The molecule has 1 saturated heterocycles. The van der Waals surface area contributed by atoms with Gasteiger partial charge in [0.1, 0.15) is 35.4 Å². The molecule has 70 heavy (non-hydrogen) atoms. The van der Waals surface area contributed by atoms with Gasteiger partial charge in [-0.15, -0.1) is 24.5 Å². The van der Waals surface area contributed by atoms with Crippen molar-refractivity contribution in [3.05, 3.63) is 89.1 Å². The second-order valence-corrected chi connectivity index (χ2v) is 21.0. The highest BCUT2D eigenvalue weighted by atomic mass is 32.1. The first-order valence-corrected chi connectivity index (χ1v) is 23.6. The van der Waals surface area contributed by atoms with E-state index in [-0.39, 0.29) is 47.4 Å². The summed E-state index contributed by atoms with van der Waals surface area (Å²) in [6, 6.07) is 6.27. The van der Waals surface area contributed by atoms with Crippen molar-refractivity contribution >= 4 is 40.8 Å². The number of benzene rings is 1. The molecule has 0 radical (unpaired) electrons. The van der Waals surface area contributed by atoms with Gasteiger partial charge in [-0.2, -0.15) is 0 Å². The summed E-state index contributed by atoms with van der Waals surface area (Å²) in [6.45, 7) is 16.2. The Labute approximate surface area is 406 Å². The number of pyridine rings is 1. The van der Waals surface area contributed by atoms with Gasteiger partial charge in [0.05, 0.1) is 46.3 Å². The Hall–Kier alpha value is -6.52. The van der Waals surface area contributed by atoms with Crippen LogP contribution < -0.4 is 26.4 Å². The Bertz CT molecular complexity index is 2750. The van der Waals surface area contributed by atoms with Crippen molar-refractivity contribution in [3.8, 4) is 27.4 Å². The highest BCUT2D eigenvalue weighted by molar-refractivity contribution is 7.13. The molecule has 2 aliphatic rings. The molecule has 1 saturated carbocycles. The number of rotatable bonds is 14. The predicted molar refractivity (Wildman–Crippen MR) is 253 cm³/mol. The van der Waals surface area contributed by atoms with Gasteiger partial charge in [-0.05, 0) is 69.1 Å². The van der Waals surface area contributed by atoms with Crippen LogP contribution in [-0.2, 0) is 15.1 Å². The first-order valence-electron chi connectivity index (χ1n) is 22.7. The third-order valence-electron chi connectivity index (χ3n) is 12.7. The fraction of sp³-hybridized carbons (Fsp3) is 0.479. The van der Waals surface area contributed by atoms with Crippen LogP contribution in [-0.4, -0.2) is 105 Å². The molecule has 2 fully saturated rings. The number of nitrogens with zero attached hydrogens (tertiary/aromatic N) is 7. The number of β-amino-alcohol motifs (C(OH)–C–C–N with tert-alkyl or cyclic N) is 1. The van der Waals surface area contributed by atoms with Gasteiger partial charge in [0, 0.05) is 42.0 Å². The normalized spacial score (nSPS) is 21.7. The van der Waals surface area contributed by atoms with E-state index in [4.69, 9.17) is 5.73 Å². The van der Waals surface area contributed by atoms with Crippen molar-refractivity contribution < 1.29 is 47.3 Å². The van der Waals surface area contributed by atoms with Crippen molar-refractivity contribution in [3.63, 3.8) is 0 Å². The molecule has 0 bridgehead atoms. The second kappa shape index (κ2) is 19.3. The molecule has 5 heterocycles. The standard InChI is InChI=1S/C48H58F3N11O7S/c1-24(2)36(64)40-58-33(29-14-35(39(52)55-16-29)69-48(49,50)51)20-62(40)47(9)21-46(8,22-47)60-42(66)32-18-53-31(17-54-32)41(65)59-38(45(5,6)7)44(68)61-19-30(63)15-34(61)43(67)57-25(3)27-10-12-28(13-11-27)37-26(4)56-23-70-37/h10-14,16-18,20,23-25,30,34,36,38,63-64H,15,19,21-22H2,1-9H3,(H2,52,55)(H,57,67)(H,59,65)(H,60,66)/t25-,30+,34-,36?,38+,46?,47?/m0/s1. The van der Waals surface area contributed by atoms with E-state index in [0.29, 0.717) is 12.8 Å². The van der Waals surface area contributed by atoms with Crippen LogP contribution in [0.5, 0.6) is 5.75 Å². The van der Waals surface area contributed by atoms with Crippen LogP contribution in [0.25, 0.3) is 21.7 Å². The zero-order chi connectivity index (χ0) is 51.2. The molecule has 4 amide bonds. The molecule has 7 N–H and O–H groups in total. The number of aliphatic hydroxyl groups excluding tert-OH is 2. The number of halogens is 3. The third kappa shape index (κ3) is 11.1. The number of likely N-dealkylation sites (tertiary alicyclic amines) is 1. The van der Waals surface area contributed by atoms with E-state index in [1.165, 1.54) is 11.1 Å². The minimum absolute atomic E-state index is 0.00901. The number of carbonyl (C=O) groups excluding carboxylic acids is 4. The Morgan fingerprint density at radius 3 is 2.14 bits per heavy atom.